The monoisotopic (exact) mass is 288 g/mol. The molecule has 0 spiro atoms. The molecule has 0 unspecified atom stereocenters. The van der Waals surface area contributed by atoms with Gasteiger partial charge >= 0.3 is 0 Å². The van der Waals surface area contributed by atoms with E-state index >= 15 is 0 Å². The number of rotatable bonds is 6. The molecular formula is C15H20N4O2. The van der Waals surface area contributed by atoms with Gasteiger partial charge in [0.15, 0.2) is 0 Å². The number of carbonyl (C=O) groups excluding carboxylic acids is 1. The van der Waals surface area contributed by atoms with Crippen molar-refractivity contribution in [2.75, 3.05) is 11.9 Å². The largest absolute Gasteiger partial charge is 0.396 e. The number of aromatic nitrogens is 3. The van der Waals surface area contributed by atoms with Crippen LogP contribution < -0.4 is 5.32 Å². The number of nitrogens with zero attached hydrogens (tertiary/aromatic N) is 3. The first-order valence-corrected chi connectivity index (χ1v) is 6.98. The quantitative estimate of drug-likeness (QED) is 0.845. The van der Waals surface area contributed by atoms with Gasteiger partial charge in [-0.25, -0.2) is 4.68 Å². The van der Waals surface area contributed by atoms with E-state index < -0.39 is 0 Å². The van der Waals surface area contributed by atoms with Crippen LogP contribution in [0.5, 0.6) is 0 Å². The van der Waals surface area contributed by atoms with Crippen LogP contribution in [0.4, 0.5) is 5.69 Å². The first-order valence-electron chi connectivity index (χ1n) is 6.98. The third kappa shape index (κ3) is 4.39. The van der Waals surface area contributed by atoms with Crippen molar-refractivity contribution in [3.63, 3.8) is 0 Å². The summed E-state index contributed by atoms with van der Waals surface area (Å²) in [5, 5.41) is 19.4. The molecule has 6 nitrogen and oxygen atoms in total. The second-order valence-electron chi connectivity index (χ2n) is 5.21. The lowest BCUT2D eigenvalue weighted by molar-refractivity contribution is -0.116. The fourth-order valence-electron chi connectivity index (χ4n) is 1.97. The molecule has 1 aromatic heterocycles. The van der Waals surface area contributed by atoms with Gasteiger partial charge in [0.25, 0.3) is 0 Å². The Kier molecular flexibility index (Phi) is 5.05. The highest BCUT2D eigenvalue weighted by Gasteiger charge is 2.07. The van der Waals surface area contributed by atoms with Gasteiger partial charge in [0.05, 0.1) is 5.69 Å². The van der Waals surface area contributed by atoms with Crippen LogP contribution in [0.2, 0.25) is 0 Å². The summed E-state index contributed by atoms with van der Waals surface area (Å²) < 4.78 is 1.46. The van der Waals surface area contributed by atoms with Crippen molar-refractivity contribution in [1.29, 1.82) is 0 Å². The Bertz CT molecular complexity index is 607. The van der Waals surface area contributed by atoms with Crippen LogP contribution >= 0.6 is 0 Å². The second-order valence-corrected chi connectivity index (χ2v) is 5.21. The molecule has 0 aliphatic carbocycles. The Hall–Kier alpha value is -2.21. The number of aliphatic hydroxyl groups excluding tert-OH is 1. The summed E-state index contributed by atoms with van der Waals surface area (Å²) in [5.74, 6) is 0.259. The normalized spacial score (nSPS) is 10.9. The van der Waals surface area contributed by atoms with Crippen LogP contribution in [0.25, 0.3) is 0 Å². The molecule has 2 N–H and O–H groups in total. The van der Waals surface area contributed by atoms with E-state index in [1.165, 1.54) is 10.2 Å². The predicted octanol–water partition coefficient (Wildman–Crippen LogP) is 1.57. The average molecular weight is 288 g/mol. The molecule has 0 fully saturated rings. The molecule has 0 atom stereocenters. The molecule has 21 heavy (non-hydrogen) atoms. The van der Waals surface area contributed by atoms with E-state index in [-0.39, 0.29) is 19.1 Å². The van der Waals surface area contributed by atoms with Crippen LogP contribution in [0, 0.1) is 0 Å². The van der Waals surface area contributed by atoms with Crippen LogP contribution in [-0.4, -0.2) is 32.6 Å². The molecule has 0 saturated carbocycles. The van der Waals surface area contributed by atoms with E-state index in [2.05, 4.69) is 29.5 Å². The fourth-order valence-corrected chi connectivity index (χ4v) is 1.97. The molecule has 0 saturated heterocycles. The van der Waals surface area contributed by atoms with Crippen molar-refractivity contribution in [2.24, 2.45) is 0 Å². The maximum Gasteiger partial charge on any atom is 0.246 e. The summed E-state index contributed by atoms with van der Waals surface area (Å²) in [6, 6.07) is 7.81. The minimum Gasteiger partial charge on any atom is -0.396 e. The first-order chi connectivity index (χ1) is 10.1. The molecule has 0 bridgehead atoms. The van der Waals surface area contributed by atoms with E-state index in [0.29, 0.717) is 18.0 Å². The minimum atomic E-state index is -0.156. The SMILES string of the molecule is CC(C)c1cccc(NC(=O)Cn2cc(CCO)nn2)c1. The number of hydrogen-bond donors (Lipinski definition) is 2. The molecule has 2 rings (SSSR count). The molecule has 2 aromatic rings. The standard InChI is InChI=1S/C15H20N4O2/c1-11(2)12-4-3-5-13(8-12)16-15(21)10-19-9-14(6-7-20)17-18-19/h3-5,8-9,11,20H,6-7,10H2,1-2H3,(H,16,21). The molecule has 1 heterocycles. The number of carbonyl (C=O) groups is 1. The highest BCUT2D eigenvalue weighted by atomic mass is 16.3. The summed E-state index contributed by atoms with van der Waals surface area (Å²) in [5.41, 5.74) is 2.63. The van der Waals surface area contributed by atoms with Gasteiger partial charge in [-0.05, 0) is 23.6 Å². The van der Waals surface area contributed by atoms with Gasteiger partial charge in [-0.1, -0.05) is 31.2 Å². The maximum absolute atomic E-state index is 12.0. The molecule has 0 aliphatic heterocycles. The molecule has 1 aromatic carbocycles. The molecule has 0 aliphatic rings. The highest BCUT2D eigenvalue weighted by molar-refractivity contribution is 5.90. The number of anilines is 1. The summed E-state index contributed by atoms with van der Waals surface area (Å²) in [7, 11) is 0. The van der Waals surface area contributed by atoms with Crippen molar-refractivity contribution < 1.29 is 9.90 Å². The van der Waals surface area contributed by atoms with E-state index in [0.717, 1.165) is 5.69 Å². The number of aliphatic hydroxyl groups is 1. The number of benzene rings is 1. The zero-order valence-corrected chi connectivity index (χ0v) is 12.3. The van der Waals surface area contributed by atoms with Crippen molar-refractivity contribution in [3.8, 4) is 0 Å². The summed E-state index contributed by atoms with van der Waals surface area (Å²) in [6.07, 6.45) is 2.11. The number of nitrogens with one attached hydrogen (secondary N) is 1. The van der Waals surface area contributed by atoms with Gasteiger partial charge in [0, 0.05) is 24.9 Å². The van der Waals surface area contributed by atoms with E-state index in [4.69, 9.17) is 5.11 Å². The van der Waals surface area contributed by atoms with Crippen LogP contribution in [0.1, 0.15) is 31.0 Å². The number of hydrogen-bond acceptors (Lipinski definition) is 4. The van der Waals surface area contributed by atoms with E-state index in [1.807, 2.05) is 24.3 Å². The summed E-state index contributed by atoms with van der Waals surface area (Å²) >= 11 is 0. The van der Waals surface area contributed by atoms with Gasteiger partial charge < -0.3 is 10.4 Å². The average Bonchev–Trinajstić information content (AvgIpc) is 2.86. The van der Waals surface area contributed by atoms with Gasteiger partial charge in [-0.2, -0.15) is 0 Å². The Morgan fingerprint density at radius 1 is 1.43 bits per heavy atom. The van der Waals surface area contributed by atoms with Crippen LogP contribution in [-0.2, 0) is 17.8 Å². The molecule has 112 valence electrons. The third-order valence-electron chi connectivity index (χ3n) is 3.10. The lowest BCUT2D eigenvalue weighted by Gasteiger charge is -2.09. The molecule has 6 heteroatoms. The second kappa shape index (κ2) is 6.99. The van der Waals surface area contributed by atoms with Crippen molar-refractivity contribution >= 4 is 11.6 Å². The van der Waals surface area contributed by atoms with Crippen molar-refractivity contribution in [3.05, 3.63) is 41.7 Å². The van der Waals surface area contributed by atoms with Crippen molar-refractivity contribution in [1.82, 2.24) is 15.0 Å². The van der Waals surface area contributed by atoms with Gasteiger partial charge in [0.2, 0.25) is 5.91 Å². The van der Waals surface area contributed by atoms with Gasteiger partial charge in [0.1, 0.15) is 6.54 Å². The Labute approximate surface area is 123 Å². The molecular weight excluding hydrogens is 268 g/mol. The third-order valence-corrected chi connectivity index (χ3v) is 3.10. The van der Waals surface area contributed by atoms with Gasteiger partial charge in [-0.3, -0.25) is 4.79 Å². The first kappa shape index (κ1) is 15.2. The van der Waals surface area contributed by atoms with Crippen LogP contribution in [0.3, 0.4) is 0 Å². The Morgan fingerprint density at radius 2 is 2.24 bits per heavy atom. The highest BCUT2D eigenvalue weighted by Crippen LogP contribution is 2.18. The Morgan fingerprint density at radius 3 is 2.95 bits per heavy atom. The summed E-state index contributed by atoms with van der Waals surface area (Å²) in [4.78, 5) is 12.0. The number of amides is 1. The Balaban J connectivity index is 1.96. The maximum atomic E-state index is 12.0. The molecule has 1 amide bonds. The van der Waals surface area contributed by atoms with E-state index in [9.17, 15) is 4.79 Å². The van der Waals surface area contributed by atoms with E-state index in [1.54, 1.807) is 6.20 Å². The smallest absolute Gasteiger partial charge is 0.246 e. The summed E-state index contributed by atoms with van der Waals surface area (Å²) in [6.45, 7) is 4.34. The zero-order chi connectivity index (χ0) is 15.2. The lowest BCUT2D eigenvalue weighted by atomic mass is 10.0. The van der Waals surface area contributed by atoms with Gasteiger partial charge in [-0.15, -0.1) is 5.10 Å². The van der Waals surface area contributed by atoms with Crippen LogP contribution in [0.15, 0.2) is 30.5 Å². The zero-order valence-electron chi connectivity index (χ0n) is 12.3. The minimum absolute atomic E-state index is 0.0207. The molecule has 0 radical (unpaired) electrons. The topological polar surface area (TPSA) is 80.0 Å². The fraction of sp³-hybridized carbons (Fsp3) is 0.400. The predicted molar refractivity (Wildman–Crippen MR) is 80.0 cm³/mol. The lowest BCUT2D eigenvalue weighted by Crippen LogP contribution is -2.19. The van der Waals surface area contributed by atoms with Crippen molar-refractivity contribution in [2.45, 2.75) is 32.7 Å².